The van der Waals surface area contributed by atoms with Gasteiger partial charge in [-0.3, -0.25) is 4.68 Å². The van der Waals surface area contributed by atoms with Gasteiger partial charge in [0, 0.05) is 31.4 Å². The van der Waals surface area contributed by atoms with Gasteiger partial charge in [-0.05, 0) is 48.2 Å². The number of halogens is 3. The highest BCUT2D eigenvalue weighted by Gasteiger charge is 2.37. The Bertz CT molecular complexity index is 1540. The molecule has 1 aliphatic rings. The molecular weight excluding hydrogens is 485 g/mol. The summed E-state index contributed by atoms with van der Waals surface area (Å²) in [6, 6.07) is 12.0. The highest BCUT2D eigenvalue weighted by Crippen LogP contribution is 2.37. The zero-order chi connectivity index (χ0) is 24.9. The van der Waals surface area contributed by atoms with Crippen molar-refractivity contribution in [3.05, 3.63) is 60.2 Å². The van der Waals surface area contributed by atoms with E-state index in [9.17, 15) is 13.2 Å². The van der Waals surface area contributed by atoms with Gasteiger partial charge >= 0.3 is 6.18 Å². The number of anilines is 1. The molecule has 0 spiro atoms. The van der Waals surface area contributed by atoms with Gasteiger partial charge in [0.15, 0.2) is 10.8 Å². The van der Waals surface area contributed by atoms with Crippen LogP contribution >= 0.6 is 11.3 Å². The number of imidazole rings is 1. The molecule has 3 aromatic heterocycles. The number of thiazole rings is 1. The molecule has 2 aromatic carbocycles. The number of hydrogen-bond donors (Lipinski definition) is 1. The van der Waals surface area contributed by atoms with Crippen LogP contribution < -0.4 is 5.32 Å². The molecule has 6 nitrogen and oxygen atoms in total. The molecule has 1 saturated carbocycles. The molecule has 0 radical (unpaired) electrons. The highest BCUT2D eigenvalue weighted by atomic mass is 32.1. The predicted molar refractivity (Wildman–Crippen MR) is 136 cm³/mol. The zero-order valence-corrected chi connectivity index (χ0v) is 20.5. The molecule has 0 aliphatic heterocycles. The number of rotatable bonds is 5. The summed E-state index contributed by atoms with van der Waals surface area (Å²) in [5.41, 5.74) is 3.21. The van der Waals surface area contributed by atoms with Crippen molar-refractivity contribution in [1.82, 2.24) is 24.3 Å². The number of fused-ring (bicyclic) bond motifs is 2. The average molecular weight is 511 g/mol. The maximum Gasteiger partial charge on any atom is 0.435 e. The van der Waals surface area contributed by atoms with Gasteiger partial charge in [-0.2, -0.15) is 18.3 Å². The second-order valence-electron chi connectivity index (χ2n) is 9.44. The van der Waals surface area contributed by atoms with Crippen LogP contribution in [-0.2, 0) is 19.8 Å². The van der Waals surface area contributed by atoms with Crippen LogP contribution in [0.4, 0.5) is 18.3 Å². The third kappa shape index (κ3) is 4.45. The molecule has 1 N–H and O–H groups in total. The Morgan fingerprint density at radius 2 is 1.89 bits per heavy atom. The van der Waals surface area contributed by atoms with Crippen LogP contribution in [-0.4, -0.2) is 30.4 Å². The normalized spacial score (nSPS) is 15.2. The van der Waals surface area contributed by atoms with Crippen molar-refractivity contribution in [2.24, 2.45) is 7.05 Å². The summed E-state index contributed by atoms with van der Waals surface area (Å²) >= 11 is 1.68. The zero-order valence-electron chi connectivity index (χ0n) is 19.7. The molecule has 5 aromatic rings. The van der Waals surface area contributed by atoms with Gasteiger partial charge in [0.25, 0.3) is 0 Å². The Hall–Kier alpha value is -3.40. The molecule has 3 heterocycles. The summed E-state index contributed by atoms with van der Waals surface area (Å²) in [5, 5.41) is 8.20. The molecule has 186 valence electrons. The lowest BCUT2D eigenvalue weighted by Crippen LogP contribution is -2.21. The van der Waals surface area contributed by atoms with Crippen molar-refractivity contribution in [1.29, 1.82) is 0 Å². The summed E-state index contributed by atoms with van der Waals surface area (Å²) < 4.78 is 44.6. The minimum Gasteiger partial charge on any atom is -0.359 e. The molecule has 1 aliphatic carbocycles. The lowest BCUT2D eigenvalue weighted by atomic mass is 9.96. The van der Waals surface area contributed by atoms with Gasteiger partial charge in [-0.15, -0.1) is 0 Å². The fraction of sp³-hybridized carbons (Fsp3) is 0.346. The third-order valence-corrected chi connectivity index (χ3v) is 7.72. The highest BCUT2D eigenvalue weighted by molar-refractivity contribution is 7.22. The topological polar surface area (TPSA) is 60.6 Å². The molecule has 0 bridgehead atoms. The van der Waals surface area contributed by atoms with Crippen LogP contribution in [0.1, 0.15) is 43.4 Å². The standard InChI is InChI=1S/C26H25F3N6S/c1-34-14-19(24(33-34)26(27,28)29)17-8-10-22-21(12-17)30-15-35(22)13-16-7-9-20-23(11-16)36-25(32-20)31-18-5-3-2-4-6-18/h7-12,14-15,18H,2-6,13H2,1H3,(H,31,32). The van der Waals surface area contributed by atoms with Gasteiger partial charge in [-0.1, -0.05) is 42.7 Å². The molecule has 0 unspecified atom stereocenters. The van der Waals surface area contributed by atoms with Crippen molar-refractivity contribution >= 4 is 37.7 Å². The smallest absolute Gasteiger partial charge is 0.359 e. The Morgan fingerprint density at radius 1 is 1.06 bits per heavy atom. The summed E-state index contributed by atoms with van der Waals surface area (Å²) in [4.78, 5) is 9.23. The molecule has 0 amide bonds. The van der Waals surface area contributed by atoms with E-state index in [0.29, 0.717) is 23.7 Å². The number of alkyl halides is 3. The average Bonchev–Trinajstić information content (AvgIpc) is 3.55. The molecule has 0 atom stereocenters. The van der Waals surface area contributed by atoms with E-state index >= 15 is 0 Å². The number of aryl methyl sites for hydroxylation is 1. The first-order chi connectivity index (χ1) is 17.3. The van der Waals surface area contributed by atoms with Gasteiger partial charge in [0.2, 0.25) is 0 Å². The maximum atomic E-state index is 13.4. The van der Waals surface area contributed by atoms with Crippen LogP contribution in [0, 0.1) is 0 Å². The molecular formula is C26H25F3N6S. The van der Waals surface area contributed by atoms with E-state index < -0.39 is 11.9 Å². The molecule has 10 heteroatoms. The van der Waals surface area contributed by atoms with Crippen LogP contribution in [0.2, 0.25) is 0 Å². The third-order valence-electron chi connectivity index (χ3n) is 6.77. The fourth-order valence-electron chi connectivity index (χ4n) is 5.01. The van der Waals surface area contributed by atoms with E-state index in [1.807, 2.05) is 16.7 Å². The van der Waals surface area contributed by atoms with Crippen molar-refractivity contribution in [2.45, 2.75) is 50.9 Å². The summed E-state index contributed by atoms with van der Waals surface area (Å²) in [6.07, 6.45) is 4.88. The van der Waals surface area contributed by atoms with E-state index in [2.05, 4.69) is 27.5 Å². The van der Waals surface area contributed by atoms with E-state index in [1.165, 1.54) is 50.0 Å². The first kappa shape index (κ1) is 23.0. The monoisotopic (exact) mass is 510 g/mol. The summed E-state index contributed by atoms with van der Waals surface area (Å²) in [6.45, 7) is 0.607. The van der Waals surface area contributed by atoms with Crippen molar-refractivity contribution < 1.29 is 13.2 Å². The van der Waals surface area contributed by atoms with Gasteiger partial charge in [-0.25, -0.2) is 9.97 Å². The second kappa shape index (κ2) is 8.92. The van der Waals surface area contributed by atoms with Gasteiger partial charge in [0.1, 0.15) is 0 Å². The first-order valence-corrected chi connectivity index (χ1v) is 12.9. The largest absolute Gasteiger partial charge is 0.435 e. The van der Waals surface area contributed by atoms with Crippen LogP contribution in [0.25, 0.3) is 32.4 Å². The quantitative estimate of drug-likeness (QED) is 0.281. The summed E-state index contributed by atoms with van der Waals surface area (Å²) in [7, 11) is 1.49. The van der Waals surface area contributed by atoms with Gasteiger partial charge < -0.3 is 9.88 Å². The number of benzene rings is 2. The number of aromatic nitrogens is 5. The fourth-order valence-corrected chi connectivity index (χ4v) is 6.02. The first-order valence-electron chi connectivity index (χ1n) is 12.1. The van der Waals surface area contributed by atoms with Crippen LogP contribution in [0.15, 0.2) is 48.9 Å². The lowest BCUT2D eigenvalue weighted by Gasteiger charge is -2.22. The number of nitrogens with zero attached hydrogens (tertiary/aromatic N) is 5. The SMILES string of the molecule is Cn1cc(-c2ccc3c(c2)ncn3Cc2ccc3nc(NC4CCCCC4)sc3c2)c(C(F)(F)F)n1. The van der Waals surface area contributed by atoms with E-state index in [-0.39, 0.29) is 5.56 Å². The Morgan fingerprint density at radius 3 is 2.69 bits per heavy atom. The number of nitrogens with one attached hydrogen (secondary N) is 1. The van der Waals surface area contributed by atoms with Crippen LogP contribution in [0.3, 0.4) is 0 Å². The molecule has 36 heavy (non-hydrogen) atoms. The maximum absolute atomic E-state index is 13.4. The molecule has 6 rings (SSSR count). The minimum absolute atomic E-state index is 0.0507. The van der Waals surface area contributed by atoms with E-state index in [4.69, 9.17) is 4.98 Å². The van der Waals surface area contributed by atoms with E-state index in [1.54, 1.807) is 29.8 Å². The minimum atomic E-state index is -4.52. The van der Waals surface area contributed by atoms with Crippen molar-refractivity contribution in [3.8, 4) is 11.1 Å². The van der Waals surface area contributed by atoms with Crippen molar-refractivity contribution in [3.63, 3.8) is 0 Å². The van der Waals surface area contributed by atoms with Gasteiger partial charge in [0.05, 0.1) is 27.6 Å². The number of hydrogen-bond acceptors (Lipinski definition) is 5. The lowest BCUT2D eigenvalue weighted by molar-refractivity contribution is -0.140. The van der Waals surface area contributed by atoms with E-state index in [0.717, 1.165) is 26.4 Å². The van der Waals surface area contributed by atoms with Crippen molar-refractivity contribution in [2.75, 3.05) is 5.32 Å². The second-order valence-corrected chi connectivity index (χ2v) is 10.5. The Labute approximate surface area is 209 Å². The molecule has 0 saturated heterocycles. The Kier molecular flexibility index (Phi) is 5.70. The molecule has 1 fully saturated rings. The summed E-state index contributed by atoms with van der Waals surface area (Å²) in [5.74, 6) is 0. The predicted octanol–water partition coefficient (Wildman–Crippen LogP) is 6.86. The van der Waals surface area contributed by atoms with Crippen LogP contribution in [0.5, 0.6) is 0 Å². The Balaban J connectivity index is 1.25.